The third-order valence-corrected chi connectivity index (χ3v) is 2.86. The van der Waals surface area contributed by atoms with Crippen molar-refractivity contribution in [2.75, 3.05) is 51.4 Å². The van der Waals surface area contributed by atoms with Crippen LogP contribution >= 0.6 is 0 Å². The van der Waals surface area contributed by atoms with E-state index in [1.165, 1.54) is 0 Å². The Morgan fingerprint density at radius 2 is 2.26 bits per heavy atom. The quantitative estimate of drug-likeness (QED) is 0.736. The third-order valence-electron chi connectivity index (χ3n) is 2.86. The first kappa shape index (κ1) is 13.6. The van der Waals surface area contributed by atoms with Gasteiger partial charge in [0.15, 0.2) is 5.58 Å². The van der Waals surface area contributed by atoms with Gasteiger partial charge in [-0.25, -0.2) is 0 Å². The van der Waals surface area contributed by atoms with Crippen LogP contribution in [-0.4, -0.2) is 50.3 Å². The lowest BCUT2D eigenvalue weighted by molar-refractivity contribution is 0.163. The van der Waals surface area contributed by atoms with Crippen molar-refractivity contribution in [3.05, 3.63) is 18.2 Å². The number of nitrogens with two attached hydrogens (primary N) is 1. The number of hydrogen-bond donors (Lipinski definition) is 2. The number of nitrogens with zero attached hydrogens (tertiary/aromatic N) is 2. The van der Waals surface area contributed by atoms with E-state index < -0.39 is 0 Å². The van der Waals surface area contributed by atoms with Gasteiger partial charge in [0.05, 0.1) is 6.61 Å². The van der Waals surface area contributed by atoms with Gasteiger partial charge in [-0.2, -0.15) is 4.98 Å². The summed E-state index contributed by atoms with van der Waals surface area (Å²) in [7, 11) is 3.75. The number of nitrogens with one attached hydrogen (secondary N) is 1. The highest BCUT2D eigenvalue weighted by Crippen LogP contribution is 2.20. The van der Waals surface area contributed by atoms with Crippen molar-refractivity contribution in [3.63, 3.8) is 0 Å². The van der Waals surface area contributed by atoms with Gasteiger partial charge in [-0.1, -0.05) is 0 Å². The number of rotatable bonds is 7. The second-order valence-electron chi connectivity index (χ2n) is 4.47. The van der Waals surface area contributed by atoms with Crippen molar-refractivity contribution in [2.24, 2.45) is 0 Å². The highest BCUT2D eigenvalue weighted by atomic mass is 16.5. The minimum absolute atomic E-state index is 0.528. The van der Waals surface area contributed by atoms with E-state index in [4.69, 9.17) is 14.9 Å². The number of oxazole rings is 1. The molecular formula is C13H20N4O2. The predicted octanol–water partition coefficient (Wildman–Crippen LogP) is 1.40. The van der Waals surface area contributed by atoms with Crippen molar-refractivity contribution >= 4 is 22.8 Å². The molecule has 0 saturated heterocycles. The monoisotopic (exact) mass is 264 g/mol. The van der Waals surface area contributed by atoms with Gasteiger partial charge in [0.1, 0.15) is 5.52 Å². The fraction of sp³-hybridized carbons (Fsp3) is 0.462. The number of anilines is 2. The molecule has 0 unspecified atom stereocenters. The zero-order chi connectivity index (χ0) is 13.7. The lowest BCUT2D eigenvalue weighted by Gasteiger charge is -2.15. The van der Waals surface area contributed by atoms with Crippen molar-refractivity contribution in [2.45, 2.75) is 0 Å². The van der Waals surface area contributed by atoms with E-state index in [1.807, 2.05) is 19.2 Å². The first-order valence-electron chi connectivity index (χ1n) is 6.26. The molecule has 2 aromatic rings. The van der Waals surface area contributed by atoms with Crippen LogP contribution in [0.2, 0.25) is 0 Å². The smallest absolute Gasteiger partial charge is 0.295 e. The molecule has 19 heavy (non-hydrogen) atoms. The van der Waals surface area contributed by atoms with Crippen LogP contribution in [0.4, 0.5) is 11.7 Å². The number of benzene rings is 1. The Morgan fingerprint density at radius 3 is 3.05 bits per heavy atom. The van der Waals surface area contributed by atoms with Crippen molar-refractivity contribution in [3.8, 4) is 0 Å². The molecule has 104 valence electrons. The number of aromatic nitrogens is 1. The Morgan fingerprint density at radius 1 is 1.42 bits per heavy atom. The third kappa shape index (κ3) is 3.84. The molecular weight excluding hydrogens is 244 g/mol. The molecule has 0 amide bonds. The maximum absolute atomic E-state index is 5.69. The van der Waals surface area contributed by atoms with Crippen LogP contribution in [0, 0.1) is 0 Å². The first-order chi connectivity index (χ1) is 9.19. The van der Waals surface area contributed by atoms with Crippen LogP contribution in [0.1, 0.15) is 0 Å². The number of hydrogen-bond acceptors (Lipinski definition) is 6. The SMILES string of the molecule is COCCN(C)CCNc1nc2ccc(N)cc2o1. The minimum atomic E-state index is 0.528. The van der Waals surface area contributed by atoms with E-state index in [2.05, 4.69) is 15.2 Å². The average Bonchev–Trinajstić information content (AvgIpc) is 2.78. The van der Waals surface area contributed by atoms with E-state index in [0.717, 1.165) is 31.8 Å². The summed E-state index contributed by atoms with van der Waals surface area (Å²) in [6.45, 7) is 3.30. The fourth-order valence-electron chi connectivity index (χ4n) is 1.73. The second-order valence-corrected chi connectivity index (χ2v) is 4.47. The summed E-state index contributed by atoms with van der Waals surface area (Å²) < 4.78 is 10.6. The molecule has 0 atom stereocenters. The molecule has 0 spiro atoms. The van der Waals surface area contributed by atoms with E-state index in [-0.39, 0.29) is 0 Å². The number of nitrogen functional groups attached to an aromatic ring is 1. The van der Waals surface area contributed by atoms with Gasteiger partial charge in [0.2, 0.25) is 0 Å². The Bertz CT molecular complexity index is 526. The summed E-state index contributed by atoms with van der Waals surface area (Å²) in [6.07, 6.45) is 0. The first-order valence-corrected chi connectivity index (χ1v) is 6.26. The summed E-state index contributed by atoms with van der Waals surface area (Å²) in [4.78, 5) is 6.51. The Labute approximate surface area is 112 Å². The van der Waals surface area contributed by atoms with Gasteiger partial charge >= 0.3 is 0 Å². The predicted molar refractivity (Wildman–Crippen MR) is 76.3 cm³/mol. The van der Waals surface area contributed by atoms with Gasteiger partial charge in [-0.15, -0.1) is 0 Å². The molecule has 6 nitrogen and oxygen atoms in total. The second kappa shape index (κ2) is 6.40. The number of ether oxygens (including phenoxy) is 1. The molecule has 1 aromatic carbocycles. The highest BCUT2D eigenvalue weighted by molar-refractivity contribution is 5.78. The minimum Gasteiger partial charge on any atom is -0.423 e. The van der Waals surface area contributed by atoms with Crippen molar-refractivity contribution in [1.82, 2.24) is 9.88 Å². The number of likely N-dealkylation sites (N-methyl/N-ethyl adjacent to an activating group) is 1. The molecule has 0 radical (unpaired) electrons. The molecule has 0 fully saturated rings. The van der Waals surface area contributed by atoms with Crippen LogP contribution in [-0.2, 0) is 4.74 Å². The van der Waals surface area contributed by atoms with Crippen LogP contribution in [0.25, 0.3) is 11.1 Å². The van der Waals surface area contributed by atoms with Gasteiger partial charge in [0.25, 0.3) is 6.01 Å². The van der Waals surface area contributed by atoms with Crippen molar-refractivity contribution in [1.29, 1.82) is 0 Å². The van der Waals surface area contributed by atoms with Gasteiger partial charge < -0.3 is 25.1 Å². The molecule has 6 heteroatoms. The maximum atomic E-state index is 5.69. The standard InChI is InChI=1S/C13H20N4O2/c1-17(7-8-18-2)6-5-15-13-16-11-4-3-10(14)9-12(11)19-13/h3-4,9H,5-8,14H2,1-2H3,(H,15,16). The summed E-state index contributed by atoms with van der Waals surface area (Å²) >= 11 is 0. The molecule has 0 aliphatic carbocycles. The molecule has 0 aliphatic heterocycles. The fourth-order valence-corrected chi connectivity index (χ4v) is 1.73. The Balaban J connectivity index is 1.84. The van der Waals surface area contributed by atoms with Crippen LogP contribution < -0.4 is 11.1 Å². The van der Waals surface area contributed by atoms with Crippen LogP contribution in [0.15, 0.2) is 22.6 Å². The molecule has 0 bridgehead atoms. The average molecular weight is 264 g/mol. The highest BCUT2D eigenvalue weighted by Gasteiger charge is 2.05. The van der Waals surface area contributed by atoms with Gasteiger partial charge in [0, 0.05) is 38.5 Å². The lowest BCUT2D eigenvalue weighted by Crippen LogP contribution is -2.28. The molecule has 1 heterocycles. The normalized spacial score (nSPS) is 11.3. The zero-order valence-corrected chi connectivity index (χ0v) is 11.3. The van der Waals surface area contributed by atoms with Gasteiger partial charge in [-0.05, 0) is 19.2 Å². The number of methoxy groups -OCH3 is 1. The summed E-state index contributed by atoms with van der Waals surface area (Å²) in [5, 5.41) is 3.16. The molecule has 1 aromatic heterocycles. The van der Waals surface area contributed by atoms with Gasteiger partial charge in [-0.3, -0.25) is 0 Å². The molecule has 3 N–H and O–H groups in total. The summed E-state index contributed by atoms with van der Waals surface area (Å²) in [5.41, 5.74) is 7.88. The molecule has 0 aliphatic rings. The summed E-state index contributed by atoms with van der Waals surface area (Å²) in [6, 6.07) is 5.97. The number of fused-ring (bicyclic) bond motifs is 1. The zero-order valence-electron chi connectivity index (χ0n) is 11.3. The summed E-state index contributed by atoms with van der Waals surface area (Å²) in [5.74, 6) is 0. The van der Waals surface area contributed by atoms with Crippen molar-refractivity contribution < 1.29 is 9.15 Å². The van der Waals surface area contributed by atoms with E-state index in [0.29, 0.717) is 17.3 Å². The maximum Gasteiger partial charge on any atom is 0.295 e. The Hall–Kier alpha value is -1.79. The Kier molecular flexibility index (Phi) is 4.59. The molecule has 0 saturated carbocycles. The van der Waals surface area contributed by atoms with E-state index in [1.54, 1.807) is 13.2 Å². The van der Waals surface area contributed by atoms with E-state index >= 15 is 0 Å². The van der Waals surface area contributed by atoms with Crippen LogP contribution in [0.5, 0.6) is 0 Å². The lowest BCUT2D eigenvalue weighted by atomic mass is 10.3. The topological polar surface area (TPSA) is 76.5 Å². The molecule has 2 rings (SSSR count). The van der Waals surface area contributed by atoms with E-state index in [9.17, 15) is 0 Å². The van der Waals surface area contributed by atoms with Crippen LogP contribution in [0.3, 0.4) is 0 Å². The largest absolute Gasteiger partial charge is 0.423 e.